The predicted molar refractivity (Wildman–Crippen MR) is 124 cm³/mol. The van der Waals surface area contributed by atoms with E-state index >= 15 is 0 Å². The van der Waals surface area contributed by atoms with Crippen molar-refractivity contribution in [2.75, 3.05) is 36.5 Å². The number of hydrogen-bond donors (Lipinski definition) is 2. The van der Waals surface area contributed by atoms with Gasteiger partial charge in [-0.3, -0.25) is 4.79 Å². The molecule has 3 rings (SSSR count). The molecule has 1 fully saturated rings. The molecule has 31 heavy (non-hydrogen) atoms. The van der Waals surface area contributed by atoms with Crippen LogP contribution in [0.25, 0.3) is 0 Å². The van der Waals surface area contributed by atoms with E-state index in [4.69, 9.17) is 4.74 Å². The van der Waals surface area contributed by atoms with Crippen molar-refractivity contribution in [3.8, 4) is 5.75 Å². The Hall–Kier alpha value is -1.89. The molecule has 2 N–H and O–H groups in total. The topological polar surface area (TPSA) is 114 Å². The standard InChI is InChI=1S/C19H27N5O4S3/c1-13(2)28-16-8-7-14(31(26,27)24-9-5-4-6-10-24)11-15(16)21-17(25)12-29-19-23-22-18(20-3)30-19/h7-8,11,13H,4-6,9-10,12H2,1-3H3,(H,20,22)(H,21,25). The first kappa shape index (κ1) is 23.8. The largest absolute Gasteiger partial charge is 0.489 e. The summed E-state index contributed by atoms with van der Waals surface area (Å²) in [6.07, 6.45) is 2.62. The number of nitrogens with one attached hydrogen (secondary N) is 2. The number of ether oxygens (including phenoxy) is 1. The fourth-order valence-corrected chi connectivity index (χ4v) is 6.11. The first-order valence-electron chi connectivity index (χ1n) is 10.0. The molecule has 1 aliphatic heterocycles. The Morgan fingerprint density at radius 3 is 2.65 bits per heavy atom. The molecule has 12 heteroatoms. The molecule has 1 aromatic carbocycles. The lowest BCUT2D eigenvalue weighted by Gasteiger charge is -2.26. The van der Waals surface area contributed by atoms with Gasteiger partial charge >= 0.3 is 0 Å². The highest BCUT2D eigenvalue weighted by molar-refractivity contribution is 8.01. The Balaban J connectivity index is 1.77. The molecule has 0 aliphatic carbocycles. The number of piperidine rings is 1. The number of hydrogen-bond acceptors (Lipinski definition) is 9. The molecule has 1 aromatic heterocycles. The van der Waals surface area contributed by atoms with Gasteiger partial charge in [0.2, 0.25) is 21.1 Å². The van der Waals surface area contributed by atoms with Gasteiger partial charge in [-0.1, -0.05) is 29.5 Å². The summed E-state index contributed by atoms with van der Waals surface area (Å²) >= 11 is 2.62. The van der Waals surface area contributed by atoms with Crippen molar-refractivity contribution in [1.29, 1.82) is 0 Å². The maximum Gasteiger partial charge on any atom is 0.243 e. The summed E-state index contributed by atoms with van der Waals surface area (Å²) in [5.74, 6) is 0.259. The zero-order valence-corrected chi connectivity index (χ0v) is 20.2. The number of amides is 1. The minimum atomic E-state index is -3.62. The zero-order chi connectivity index (χ0) is 22.4. The molecule has 0 radical (unpaired) electrons. The Kier molecular flexibility index (Phi) is 8.14. The van der Waals surface area contributed by atoms with E-state index in [2.05, 4.69) is 20.8 Å². The zero-order valence-electron chi connectivity index (χ0n) is 17.8. The molecule has 1 aliphatic rings. The summed E-state index contributed by atoms with van der Waals surface area (Å²) in [5, 5.41) is 14.3. The van der Waals surface area contributed by atoms with E-state index in [1.54, 1.807) is 13.1 Å². The van der Waals surface area contributed by atoms with Crippen LogP contribution in [0.15, 0.2) is 27.4 Å². The molecule has 0 saturated carbocycles. The minimum Gasteiger partial charge on any atom is -0.489 e. The van der Waals surface area contributed by atoms with Crippen LogP contribution in [0.1, 0.15) is 33.1 Å². The van der Waals surface area contributed by atoms with Crippen LogP contribution in [0.5, 0.6) is 5.75 Å². The molecular formula is C19H27N5O4S3. The second kappa shape index (κ2) is 10.6. The molecule has 9 nitrogen and oxygen atoms in total. The highest BCUT2D eigenvalue weighted by Crippen LogP contribution is 2.31. The monoisotopic (exact) mass is 485 g/mol. The molecule has 2 heterocycles. The van der Waals surface area contributed by atoms with Gasteiger partial charge in [-0.2, -0.15) is 4.31 Å². The van der Waals surface area contributed by atoms with Crippen LogP contribution in [0.4, 0.5) is 10.8 Å². The number of carbonyl (C=O) groups excluding carboxylic acids is 1. The quantitative estimate of drug-likeness (QED) is 0.520. The third kappa shape index (κ3) is 6.31. The molecule has 1 amide bonds. The number of anilines is 2. The number of thioether (sulfide) groups is 1. The van der Waals surface area contributed by atoms with Crippen LogP contribution < -0.4 is 15.4 Å². The Labute approximate surface area is 191 Å². The van der Waals surface area contributed by atoms with Gasteiger partial charge in [-0.15, -0.1) is 10.2 Å². The number of sulfonamides is 1. The predicted octanol–water partition coefficient (Wildman–Crippen LogP) is 3.27. The first-order valence-corrected chi connectivity index (χ1v) is 13.3. The van der Waals surface area contributed by atoms with E-state index in [1.807, 2.05) is 13.8 Å². The van der Waals surface area contributed by atoms with E-state index < -0.39 is 10.0 Å². The van der Waals surface area contributed by atoms with Crippen molar-refractivity contribution >= 4 is 49.8 Å². The molecule has 170 valence electrons. The lowest BCUT2D eigenvalue weighted by molar-refractivity contribution is -0.113. The van der Waals surface area contributed by atoms with Gasteiger partial charge < -0.3 is 15.4 Å². The molecular weight excluding hydrogens is 458 g/mol. The summed E-state index contributed by atoms with van der Waals surface area (Å²) in [4.78, 5) is 12.7. The van der Waals surface area contributed by atoms with E-state index in [-0.39, 0.29) is 22.7 Å². The van der Waals surface area contributed by atoms with E-state index in [1.165, 1.54) is 39.5 Å². The van der Waals surface area contributed by atoms with E-state index in [9.17, 15) is 13.2 Å². The minimum absolute atomic E-state index is 0.114. The third-order valence-corrected chi connectivity index (χ3v) is 8.46. The fourth-order valence-electron chi connectivity index (χ4n) is 3.06. The van der Waals surface area contributed by atoms with Crippen LogP contribution in [0, 0.1) is 0 Å². The number of carbonyl (C=O) groups is 1. The maximum atomic E-state index is 13.0. The molecule has 0 bridgehead atoms. The summed E-state index contributed by atoms with van der Waals surface area (Å²) in [6, 6.07) is 4.62. The van der Waals surface area contributed by atoms with Crippen molar-refractivity contribution in [3.05, 3.63) is 18.2 Å². The van der Waals surface area contributed by atoms with Crippen molar-refractivity contribution < 1.29 is 17.9 Å². The van der Waals surface area contributed by atoms with Crippen molar-refractivity contribution in [2.24, 2.45) is 0 Å². The Morgan fingerprint density at radius 1 is 1.26 bits per heavy atom. The van der Waals surface area contributed by atoms with Crippen molar-refractivity contribution in [1.82, 2.24) is 14.5 Å². The van der Waals surface area contributed by atoms with Gasteiger partial charge in [0.1, 0.15) is 5.75 Å². The van der Waals surface area contributed by atoms with Gasteiger partial charge in [0.15, 0.2) is 4.34 Å². The molecule has 0 unspecified atom stereocenters. The number of benzene rings is 1. The van der Waals surface area contributed by atoms with Gasteiger partial charge in [0.25, 0.3) is 0 Å². The van der Waals surface area contributed by atoms with Crippen LogP contribution in [0.3, 0.4) is 0 Å². The normalized spacial score (nSPS) is 15.1. The van der Waals surface area contributed by atoms with Crippen LogP contribution in [-0.2, 0) is 14.8 Å². The number of aromatic nitrogens is 2. The Bertz CT molecular complexity index is 1000. The first-order chi connectivity index (χ1) is 14.8. The highest BCUT2D eigenvalue weighted by atomic mass is 32.2. The maximum absolute atomic E-state index is 13.0. The summed E-state index contributed by atoms with van der Waals surface area (Å²) in [7, 11) is -1.87. The lowest BCUT2D eigenvalue weighted by atomic mass is 10.2. The van der Waals surface area contributed by atoms with E-state index in [0.717, 1.165) is 19.3 Å². The van der Waals surface area contributed by atoms with Gasteiger partial charge in [-0.25, -0.2) is 8.42 Å². The molecule has 0 spiro atoms. The van der Waals surface area contributed by atoms with Crippen molar-refractivity contribution in [2.45, 2.75) is 48.4 Å². The number of rotatable bonds is 9. The fraction of sp³-hybridized carbons (Fsp3) is 0.526. The third-order valence-electron chi connectivity index (χ3n) is 4.49. The molecule has 2 aromatic rings. The lowest BCUT2D eigenvalue weighted by Crippen LogP contribution is -2.35. The number of nitrogens with zero attached hydrogens (tertiary/aromatic N) is 3. The summed E-state index contributed by atoms with van der Waals surface area (Å²) < 4.78 is 34.1. The summed E-state index contributed by atoms with van der Waals surface area (Å²) in [5.41, 5.74) is 0.338. The average molecular weight is 486 g/mol. The smallest absolute Gasteiger partial charge is 0.243 e. The van der Waals surface area contributed by atoms with Crippen molar-refractivity contribution in [3.63, 3.8) is 0 Å². The van der Waals surface area contributed by atoms with Crippen LogP contribution in [0.2, 0.25) is 0 Å². The SMILES string of the molecule is CNc1nnc(SCC(=O)Nc2cc(S(=O)(=O)N3CCCCC3)ccc2OC(C)C)s1. The second-order valence-corrected chi connectivity index (χ2v) is 11.4. The second-order valence-electron chi connectivity index (χ2n) is 7.25. The molecule has 0 atom stereocenters. The Morgan fingerprint density at radius 2 is 2.00 bits per heavy atom. The average Bonchev–Trinajstić information content (AvgIpc) is 3.22. The van der Waals surface area contributed by atoms with Gasteiger partial charge in [0, 0.05) is 20.1 Å². The van der Waals surface area contributed by atoms with Gasteiger partial charge in [-0.05, 0) is 44.9 Å². The molecule has 1 saturated heterocycles. The highest BCUT2D eigenvalue weighted by Gasteiger charge is 2.27. The van der Waals surface area contributed by atoms with Crippen LogP contribution in [-0.4, -0.2) is 60.8 Å². The summed E-state index contributed by atoms with van der Waals surface area (Å²) in [6.45, 7) is 4.77. The van der Waals surface area contributed by atoms with Crippen LogP contribution >= 0.6 is 23.1 Å². The van der Waals surface area contributed by atoms with Gasteiger partial charge in [0.05, 0.1) is 22.4 Å². The van der Waals surface area contributed by atoms with E-state index in [0.29, 0.717) is 34.0 Å².